The topological polar surface area (TPSA) is 128 Å². The summed E-state index contributed by atoms with van der Waals surface area (Å²) in [5.41, 5.74) is 10.3. The molecule has 0 unspecified atom stereocenters. The first kappa shape index (κ1) is 19.6. The highest BCUT2D eigenvalue weighted by Crippen LogP contribution is 2.43. The standard InChI is InChI=1S/C25H24N6O2/c1-13-15-6-4-8-19-21(15)14(10-27-19)9-20(25(13)12-29-24(33)31-25)30-22(23(26)32)17-11-28-18-7-3-2-5-16(17)18/h2-8,10-11,13,20,27-28H,9,12H2,1H3,(H2,26,32)(H2,29,31,33)/t13-,20-,25-/m0/s1. The molecule has 3 heterocycles. The molecule has 1 spiro atoms. The van der Waals surface area contributed by atoms with Crippen molar-refractivity contribution in [3.63, 3.8) is 0 Å². The molecule has 33 heavy (non-hydrogen) atoms. The van der Waals surface area contributed by atoms with Crippen LogP contribution < -0.4 is 16.4 Å². The minimum absolute atomic E-state index is 0.0527. The summed E-state index contributed by atoms with van der Waals surface area (Å²) in [5.74, 6) is -0.649. The molecule has 3 atom stereocenters. The third-order valence-electron chi connectivity index (χ3n) is 7.32. The van der Waals surface area contributed by atoms with Crippen molar-refractivity contribution < 1.29 is 9.59 Å². The van der Waals surface area contributed by atoms with Crippen LogP contribution in [-0.4, -0.2) is 45.7 Å². The van der Waals surface area contributed by atoms with Gasteiger partial charge in [0.25, 0.3) is 5.91 Å². The van der Waals surface area contributed by atoms with Gasteiger partial charge in [0.15, 0.2) is 0 Å². The number of fused-ring (bicyclic) bond motifs is 1. The number of nitrogens with two attached hydrogens (primary N) is 1. The van der Waals surface area contributed by atoms with Gasteiger partial charge >= 0.3 is 6.03 Å². The van der Waals surface area contributed by atoms with Crippen LogP contribution in [0.2, 0.25) is 0 Å². The van der Waals surface area contributed by atoms with Crippen molar-refractivity contribution in [3.05, 3.63) is 71.5 Å². The molecule has 0 bridgehead atoms. The van der Waals surface area contributed by atoms with Gasteiger partial charge in [0.1, 0.15) is 5.71 Å². The minimum atomic E-state index is -0.704. The average molecular weight is 441 g/mol. The Hall–Kier alpha value is -4.07. The first-order valence-electron chi connectivity index (χ1n) is 11.1. The lowest BCUT2D eigenvalue weighted by Crippen LogP contribution is -2.57. The van der Waals surface area contributed by atoms with Crippen LogP contribution >= 0.6 is 0 Å². The number of benzene rings is 2. The van der Waals surface area contributed by atoms with Gasteiger partial charge in [-0.1, -0.05) is 37.3 Å². The van der Waals surface area contributed by atoms with Gasteiger partial charge < -0.3 is 26.3 Å². The molecule has 4 aromatic rings. The highest BCUT2D eigenvalue weighted by Gasteiger charge is 2.51. The molecular weight excluding hydrogens is 416 g/mol. The van der Waals surface area contributed by atoms with Crippen molar-refractivity contribution in [2.24, 2.45) is 10.7 Å². The molecule has 1 aliphatic carbocycles. The smallest absolute Gasteiger partial charge is 0.315 e. The Labute approximate surface area is 189 Å². The Kier molecular flexibility index (Phi) is 4.14. The number of primary amides is 1. The van der Waals surface area contributed by atoms with E-state index in [1.54, 1.807) is 6.20 Å². The highest BCUT2D eigenvalue weighted by atomic mass is 16.2. The van der Waals surface area contributed by atoms with Crippen LogP contribution in [-0.2, 0) is 11.2 Å². The first-order valence-corrected chi connectivity index (χ1v) is 11.1. The van der Waals surface area contributed by atoms with Crippen LogP contribution in [0.3, 0.4) is 0 Å². The molecule has 2 aliphatic rings. The zero-order chi connectivity index (χ0) is 22.7. The second-order valence-electron chi connectivity index (χ2n) is 8.96. The Bertz CT molecular complexity index is 1460. The summed E-state index contributed by atoms with van der Waals surface area (Å²) in [6.07, 6.45) is 4.33. The summed E-state index contributed by atoms with van der Waals surface area (Å²) in [6.45, 7) is 2.52. The molecule has 0 saturated carbocycles. The van der Waals surface area contributed by atoms with Gasteiger partial charge in [-0.2, -0.15) is 0 Å². The summed E-state index contributed by atoms with van der Waals surface area (Å²) >= 11 is 0. The van der Waals surface area contributed by atoms with Crippen molar-refractivity contribution in [3.8, 4) is 0 Å². The normalized spacial score (nSPS) is 24.8. The molecule has 1 aliphatic heterocycles. The number of aromatic nitrogens is 2. The zero-order valence-corrected chi connectivity index (χ0v) is 18.1. The maximum absolute atomic E-state index is 12.7. The van der Waals surface area contributed by atoms with Gasteiger partial charge in [-0.25, -0.2) is 4.79 Å². The van der Waals surface area contributed by atoms with Crippen LogP contribution in [0, 0.1) is 0 Å². The molecule has 2 aromatic heterocycles. The number of carbonyl (C=O) groups excluding carboxylic acids is 2. The molecular formula is C25H24N6O2. The predicted octanol–water partition coefficient (Wildman–Crippen LogP) is 2.70. The molecule has 0 radical (unpaired) electrons. The molecule has 3 amide bonds. The summed E-state index contributed by atoms with van der Waals surface area (Å²) in [6, 6.07) is 13.3. The van der Waals surface area contributed by atoms with E-state index in [2.05, 4.69) is 39.7 Å². The van der Waals surface area contributed by atoms with Gasteiger partial charge in [-0.3, -0.25) is 9.79 Å². The zero-order valence-electron chi connectivity index (χ0n) is 18.1. The third kappa shape index (κ3) is 2.80. The molecule has 8 nitrogen and oxygen atoms in total. The van der Waals surface area contributed by atoms with Crippen LogP contribution in [0.5, 0.6) is 0 Å². The predicted molar refractivity (Wildman–Crippen MR) is 128 cm³/mol. The summed E-state index contributed by atoms with van der Waals surface area (Å²) in [4.78, 5) is 36.7. The lowest BCUT2D eigenvalue weighted by molar-refractivity contribution is -0.111. The summed E-state index contributed by atoms with van der Waals surface area (Å²) in [5, 5.41) is 8.16. The number of amides is 3. The number of carbonyl (C=O) groups is 2. The fraction of sp³-hybridized carbons (Fsp3) is 0.240. The van der Waals surface area contributed by atoms with E-state index >= 15 is 0 Å². The highest BCUT2D eigenvalue weighted by molar-refractivity contribution is 6.47. The fourth-order valence-electron chi connectivity index (χ4n) is 5.60. The molecule has 2 aromatic carbocycles. The Morgan fingerprint density at radius 2 is 1.88 bits per heavy atom. The fourth-order valence-corrected chi connectivity index (χ4v) is 5.60. The van der Waals surface area contributed by atoms with E-state index in [1.807, 2.05) is 36.5 Å². The van der Waals surface area contributed by atoms with Gasteiger partial charge in [0.2, 0.25) is 0 Å². The lowest BCUT2D eigenvalue weighted by atomic mass is 9.76. The average Bonchev–Trinajstić information content (AvgIpc) is 3.51. The van der Waals surface area contributed by atoms with E-state index in [1.165, 1.54) is 0 Å². The number of rotatable bonds is 3. The number of nitrogens with zero attached hydrogens (tertiary/aromatic N) is 1. The minimum Gasteiger partial charge on any atom is -0.364 e. The number of hydrogen-bond donors (Lipinski definition) is 5. The van der Waals surface area contributed by atoms with Crippen LogP contribution in [0.15, 0.2) is 59.9 Å². The van der Waals surface area contributed by atoms with Crippen LogP contribution in [0.25, 0.3) is 21.8 Å². The van der Waals surface area contributed by atoms with E-state index in [0.717, 1.165) is 32.9 Å². The molecule has 1 fully saturated rings. The number of aromatic amines is 2. The number of aliphatic imine (C=N–C) groups is 1. The van der Waals surface area contributed by atoms with Crippen molar-refractivity contribution in [1.29, 1.82) is 0 Å². The number of hydrogen-bond acceptors (Lipinski definition) is 3. The maximum Gasteiger partial charge on any atom is 0.315 e. The van der Waals surface area contributed by atoms with Crippen molar-refractivity contribution >= 4 is 39.5 Å². The van der Waals surface area contributed by atoms with Crippen molar-refractivity contribution in [1.82, 2.24) is 20.6 Å². The van der Waals surface area contributed by atoms with Gasteiger partial charge in [0.05, 0.1) is 11.6 Å². The maximum atomic E-state index is 12.7. The van der Waals surface area contributed by atoms with Crippen molar-refractivity contribution in [2.45, 2.75) is 30.8 Å². The lowest BCUT2D eigenvalue weighted by Gasteiger charge is -2.38. The largest absolute Gasteiger partial charge is 0.364 e. The van der Waals surface area contributed by atoms with Crippen LogP contribution in [0.1, 0.15) is 29.5 Å². The van der Waals surface area contributed by atoms with E-state index in [-0.39, 0.29) is 17.7 Å². The van der Waals surface area contributed by atoms with Gasteiger partial charge in [-0.15, -0.1) is 0 Å². The van der Waals surface area contributed by atoms with Crippen molar-refractivity contribution in [2.75, 3.05) is 6.54 Å². The van der Waals surface area contributed by atoms with E-state index < -0.39 is 17.5 Å². The van der Waals surface area contributed by atoms with E-state index in [4.69, 9.17) is 10.7 Å². The van der Waals surface area contributed by atoms with Crippen LogP contribution in [0.4, 0.5) is 4.79 Å². The van der Waals surface area contributed by atoms with E-state index in [0.29, 0.717) is 18.5 Å². The second-order valence-corrected chi connectivity index (χ2v) is 8.96. The summed E-state index contributed by atoms with van der Waals surface area (Å²) in [7, 11) is 0. The molecule has 166 valence electrons. The first-order chi connectivity index (χ1) is 16.0. The molecule has 6 rings (SSSR count). The molecule has 8 heteroatoms. The number of H-pyrrole nitrogens is 2. The Morgan fingerprint density at radius 1 is 1.09 bits per heavy atom. The molecule has 6 N–H and O–H groups in total. The van der Waals surface area contributed by atoms with E-state index in [9.17, 15) is 9.59 Å². The second kappa shape index (κ2) is 6.96. The number of urea groups is 1. The number of para-hydroxylation sites is 1. The van der Waals surface area contributed by atoms with Gasteiger partial charge in [0, 0.05) is 52.2 Å². The quantitative estimate of drug-likeness (QED) is 0.314. The third-order valence-corrected chi connectivity index (χ3v) is 7.32. The summed E-state index contributed by atoms with van der Waals surface area (Å²) < 4.78 is 0. The number of nitrogens with one attached hydrogen (secondary N) is 4. The van der Waals surface area contributed by atoms with Gasteiger partial charge in [-0.05, 0) is 29.7 Å². The monoisotopic (exact) mass is 440 g/mol. The molecule has 1 saturated heterocycles. The Balaban J connectivity index is 1.57. The SMILES string of the molecule is C[C@H]1c2cccc3[nH]cc(c23)C[C@H](N=C(C(N)=O)c2c[nH]c3ccccc23)[C@]12CNC(=O)N2. The Morgan fingerprint density at radius 3 is 2.67 bits per heavy atom.